The van der Waals surface area contributed by atoms with E-state index in [-0.39, 0.29) is 11.7 Å². The zero-order chi connectivity index (χ0) is 32.1. The summed E-state index contributed by atoms with van der Waals surface area (Å²) in [5.41, 5.74) is 1.06. The predicted octanol–water partition coefficient (Wildman–Crippen LogP) is 8.77. The second-order valence-corrected chi connectivity index (χ2v) is 13.1. The van der Waals surface area contributed by atoms with Crippen molar-refractivity contribution >= 4 is 11.9 Å². The van der Waals surface area contributed by atoms with E-state index in [0.29, 0.717) is 102 Å². The van der Waals surface area contributed by atoms with E-state index in [1.807, 2.05) is 18.2 Å². The lowest BCUT2D eigenvalue weighted by atomic mass is 10.1. The molecule has 0 radical (unpaired) electrons. The van der Waals surface area contributed by atoms with Crippen molar-refractivity contribution in [2.45, 2.75) is 69.2 Å². The molecule has 0 saturated heterocycles. The van der Waals surface area contributed by atoms with Crippen molar-refractivity contribution in [2.75, 3.05) is 40.1 Å². The number of rotatable bonds is 19. The molecule has 0 aliphatic rings. The second kappa shape index (κ2) is 17.7. The Balaban J connectivity index is 2.62. The van der Waals surface area contributed by atoms with Crippen molar-refractivity contribution < 1.29 is 33.2 Å². The van der Waals surface area contributed by atoms with Gasteiger partial charge in [0.15, 0.2) is 28.8 Å². The average Bonchev–Trinajstić information content (AvgIpc) is 2.94. The summed E-state index contributed by atoms with van der Waals surface area (Å²) in [6.07, 6.45) is 3.27. The van der Waals surface area contributed by atoms with Gasteiger partial charge in [-0.15, -0.1) is 0 Å². The summed E-state index contributed by atoms with van der Waals surface area (Å²) in [4.78, 5) is 13.9. The fourth-order valence-electron chi connectivity index (χ4n) is 3.75. The maximum atomic E-state index is 13.9. The third-order valence-electron chi connectivity index (χ3n) is 5.85. The van der Waals surface area contributed by atoms with Crippen molar-refractivity contribution in [3.63, 3.8) is 0 Å². The number of ketones is 1. The van der Waals surface area contributed by atoms with Gasteiger partial charge >= 0.3 is 0 Å². The van der Waals surface area contributed by atoms with Crippen LogP contribution in [-0.2, 0) is 0 Å². The van der Waals surface area contributed by atoms with Crippen LogP contribution in [-0.4, -0.2) is 45.9 Å². The van der Waals surface area contributed by atoms with Crippen LogP contribution >= 0.6 is 0 Å². The number of hydrogen-bond donors (Lipinski definition) is 0. The molecule has 2 aromatic carbocycles. The third kappa shape index (κ3) is 12.4. The summed E-state index contributed by atoms with van der Waals surface area (Å²) in [6, 6.07) is 7.26. The van der Waals surface area contributed by atoms with Gasteiger partial charge in [-0.2, -0.15) is 0 Å². The molecular weight excluding hydrogens is 544 g/mol. The van der Waals surface area contributed by atoms with Crippen LogP contribution in [0.15, 0.2) is 30.3 Å². The van der Waals surface area contributed by atoms with Crippen LogP contribution < -0.4 is 28.4 Å². The highest BCUT2D eigenvalue weighted by atomic mass is 16.5. The topological polar surface area (TPSA) is 72.5 Å². The van der Waals surface area contributed by atoms with Crippen LogP contribution in [0.5, 0.6) is 34.5 Å². The molecule has 0 bridgehead atoms. The number of methoxy groups -OCH3 is 1. The number of ether oxygens (including phenoxy) is 6. The van der Waals surface area contributed by atoms with Gasteiger partial charge in [-0.3, -0.25) is 4.79 Å². The molecule has 7 nitrogen and oxygen atoms in total. The molecule has 0 aliphatic carbocycles. The predicted molar refractivity (Wildman–Crippen MR) is 174 cm³/mol. The van der Waals surface area contributed by atoms with Gasteiger partial charge in [0.25, 0.3) is 0 Å². The number of carbonyl (C=O) groups excluding carboxylic acids is 1. The average molecular weight is 599 g/mol. The van der Waals surface area contributed by atoms with Crippen LogP contribution in [0, 0.1) is 29.6 Å². The highest BCUT2D eigenvalue weighted by Gasteiger charge is 2.21. The van der Waals surface area contributed by atoms with Gasteiger partial charge in [0, 0.05) is 17.7 Å². The van der Waals surface area contributed by atoms with Crippen molar-refractivity contribution in [3.05, 3.63) is 41.5 Å². The summed E-state index contributed by atoms with van der Waals surface area (Å²) in [7, 11) is 1.60. The van der Waals surface area contributed by atoms with E-state index >= 15 is 0 Å². The van der Waals surface area contributed by atoms with E-state index in [9.17, 15) is 4.79 Å². The second-order valence-electron chi connectivity index (χ2n) is 13.1. The molecule has 0 unspecified atom stereocenters. The van der Waals surface area contributed by atoms with Gasteiger partial charge in [-0.1, -0.05) is 69.2 Å². The monoisotopic (exact) mass is 598 g/mol. The summed E-state index contributed by atoms with van der Waals surface area (Å²) in [5, 5.41) is 0. The molecule has 0 amide bonds. The zero-order valence-corrected chi connectivity index (χ0v) is 28.2. The lowest BCUT2D eigenvalue weighted by molar-refractivity contribution is 0.104. The first kappa shape index (κ1) is 35.8. The van der Waals surface area contributed by atoms with Gasteiger partial charge in [0.05, 0.1) is 45.7 Å². The SMILES string of the molecule is COc1cc(OCC(C)C)cc(/C=C/C(=O)c2cc(OCC(C)C)cc(OCC(C)C)c2OCC(C)C)c1OCC(C)C. The highest BCUT2D eigenvalue weighted by Crippen LogP contribution is 2.39. The smallest absolute Gasteiger partial charge is 0.189 e. The summed E-state index contributed by atoms with van der Waals surface area (Å²) in [6.45, 7) is 23.3. The molecule has 2 aromatic rings. The number of carbonyl (C=O) groups is 1. The molecule has 0 aliphatic heterocycles. The van der Waals surface area contributed by atoms with Gasteiger partial charge in [-0.25, -0.2) is 0 Å². The van der Waals surface area contributed by atoms with Crippen molar-refractivity contribution in [1.29, 1.82) is 0 Å². The standard InChI is InChI=1S/C36H54O7/c1-23(2)18-39-29-14-28(35(33(16-29)38-11)42-21-26(7)8)12-13-32(37)31-15-30(40-19-24(3)4)17-34(41-20-25(5)6)36(31)43-22-27(9)10/h12-17,23-27H,18-22H2,1-11H3/b13-12+. The molecule has 2 rings (SSSR count). The van der Waals surface area contributed by atoms with E-state index in [0.717, 1.165) is 0 Å². The minimum absolute atomic E-state index is 0.245. The van der Waals surface area contributed by atoms with E-state index in [4.69, 9.17) is 28.4 Å². The summed E-state index contributed by atoms with van der Waals surface area (Å²) in [5.74, 6) is 4.51. The van der Waals surface area contributed by atoms with Gasteiger partial charge in [0.1, 0.15) is 11.5 Å². The summed E-state index contributed by atoms with van der Waals surface area (Å²) < 4.78 is 36.3. The summed E-state index contributed by atoms with van der Waals surface area (Å²) >= 11 is 0. The van der Waals surface area contributed by atoms with Crippen LogP contribution in [0.2, 0.25) is 0 Å². The normalized spacial score (nSPS) is 11.7. The maximum absolute atomic E-state index is 13.9. The molecule has 0 spiro atoms. The molecule has 240 valence electrons. The Bertz CT molecular complexity index is 1180. The van der Waals surface area contributed by atoms with Gasteiger partial charge in [-0.05, 0) is 53.9 Å². The van der Waals surface area contributed by atoms with E-state index in [2.05, 4.69) is 69.2 Å². The van der Waals surface area contributed by atoms with Crippen molar-refractivity contribution in [3.8, 4) is 34.5 Å². The lowest BCUT2D eigenvalue weighted by Gasteiger charge is -2.20. The van der Waals surface area contributed by atoms with E-state index in [1.165, 1.54) is 6.08 Å². The molecular formula is C36H54O7. The molecule has 0 fully saturated rings. The first-order valence-corrected chi connectivity index (χ1v) is 15.6. The fraction of sp³-hybridized carbons (Fsp3) is 0.583. The van der Waals surface area contributed by atoms with E-state index in [1.54, 1.807) is 19.3 Å². The minimum atomic E-state index is -0.245. The van der Waals surface area contributed by atoms with Gasteiger partial charge < -0.3 is 28.4 Å². The molecule has 7 heteroatoms. The highest BCUT2D eigenvalue weighted by molar-refractivity contribution is 6.09. The van der Waals surface area contributed by atoms with E-state index < -0.39 is 0 Å². The Morgan fingerprint density at radius 3 is 1.53 bits per heavy atom. The molecule has 0 N–H and O–H groups in total. The first-order chi connectivity index (χ1) is 20.3. The van der Waals surface area contributed by atoms with Crippen LogP contribution in [0.3, 0.4) is 0 Å². The fourth-order valence-corrected chi connectivity index (χ4v) is 3.75. The van der Waals surface area contributed by atoms with Gasteiger partial charge in [0.2, 0.25) is 0 Å². The first-order valence-electron chi connectivity index (χ1n) is 15.6. The molecule has 0 saturated carbocycles. The maximum Gasteiger partial charge on any atom is 0.189 e. The Morgan fingerprint density at radius 2 is 1.02 bits per heavy atom. The van der Waals surface area contributed by atoms with Crippen molar-refractivity contribution in [2.24, 2.45) is 29.6 Å². The Morgan fingerprint density at radius 1 is 0.581 bits per heavy atom. The molecule has 0 heterocycles. The molecule has 43 heavy (non-hydrogen) atoms. The molecule has 0 atom stereocenters. The molecule has 0 aromatic heterocycles. The zero-order valence-electron chi connectivity index (χ0n) is 28.2. The van der Waals surface area contributed by atoms with Crippen LogP contribution in [0.25, 0.3) is 6.08 Å². The number of allylic oxidation sites excluding steroid dienone is 1. The Kier molecular flexibility index (Phi) is 14.7. The number of benzene rings is 2. The van der Waals surface area contributed by atoms with Crippen LogP contribution in [0.1, 0.15) is 85.2 Å². The third-order valence-corrected chi connectivity index (χ3v) is 5.85. The Labute approximate surface area is 259 Å². The van der Waals surface area contributed by atoms with Crippen LogP contribution in [0.4, 0.5) is 0 Å². The largest absolute Gasteiger partial charge is 0.493 e. The quantitative estimate of drug-likeness (QED) is 0.118. The number of hydrogen-bond acceptors (Lipinski definition) is 7. The minimum Gasteiger partial charge on any atom is -0.493 e. The lowest BCUT2D eigenvalue weighted by Crippen LogP contribution is -2.13. The Hall–Kier alpha value is -3.35. The van der Waals surface area contributed by atoms with Crippen molar-refractivity contribution in [1.82, 2.24) is 0 Å².